The Bertz CT molecular complexity index is 959. The first kappa shape index (κ1) is 22.2. The molecular weight excluding hydrogens is 388 g/mol. The number of nitrogens with zero attached hydrogens (tertiary/aromatic N) is 1. The van der Waals surface area contributed by atoms with Gasteiger partial charge in [-0.2, -0.15) is 5.26 Å². The van der Waals surface area contributed by atoms with Gasteiger partial charge in [0.1, 0.15) is 11.4 Å². The van der Waals surface area contributed by atoms with Crippen LogP contribution in [0.25, 0.3) is 0 Å². The minimum absolute atomic E-state index is 0.219. The fourth-order valence-corrected chi connectivity index (χ4v) is 2.17. The van der Waals surface area contributed by atoms with E-state index in [0.717, 1.165) is 0 Å². The first-order valence-corrected chi connectivity index (χ1v) is 8.98. The van der Waals surface area contributed by atoms with Gasteiger partial charge in [0.05, 0.1) is 11.6 Å². The maximum Gasteiger partial charge on any atom is 0.412 e. The summed E-state index contributed by atoms with van der Waals surface area (Å²) >= 11 is 0. The van der Waals surface area contributed by atoms with Crippen LogP contribution >= 0.6 is 0 Å². The molecule has 0 aliphatic rings. The summed E-state index contributed by atoms with van der Waals surface area (Å²) < 4.78 is 10.4. The topological polar surface area (TPSA) is 130 Å². The zero-order valence-corrected chi connectivity index (χ0v) is 16.8. The van der Waals surface area contributed by atoms with Gasteiger partial charge in [0, 0.05) is 11.3 Å². The summed E-state index contributed by atoms with van der Waals surface area (Å²) in [6.45, 7) is 4.89. The molecule has 2 rings (SSSR count). The molecular formula is C21H22N4O5. The Morgan fingerprint density at radius 2 is 1.73 bits per heavy atom. The van der Waals surface area contributed by atoms with Gasteiger partial charge in [-0.15, -0.1) is 0 Å². The molecule has 156 valence electrons. The standard InChI is InChI=1S/C21H22N4O5/c1-21(2,3)30-20(28)23-16-6-4-5-15(11-16)19(27)25-24-18(26)13-29-17-9-7-14(12-22)8-10-17/h4-11H,13H2,1-3H3,(H,23,28)(H,24,26)(H,25,27). The third-order valence-electron chi connectivity index (χ3n) is 3.44. The molecule has 0 bridgehead atoms. The molecule has 0 unspecified atom stereocenters. The number of rotatable bonds is 5. The lowest BCUT2D eigenvalue weighted by Gasteiger charge is -2.19. The molecule has 9 nitrogen and oxygen atoms in total. The Kier molecular flexibility index (Phi) is 7.36. The monoisotopic (exact) mass is 410 g/mol. The molecule has 0 saturated heterocycles. The molecule has 0 radical (unpaired) electrons. The Hall–Kier alpha value is -4.06. The summed E-state index contributed by atoms with van der Waals surface area (Å²) in [5.74, 6) is -0.735. The average molecular weight is 410 g/mol. The average Bonchev–Trinajstić information content (AvgIpc) is 2.69. The van der Waals surface area contributed by atoms with Crippen molar-refractivity contribution < 1.29 is 23.9 Å². The number of hydrazine groups is 1. The van der Waals surface area contributed by atoms with Gasteiger partial charge < -0.3 is 9.47 Å². The van der Waals surface area contributed by atoms with Crippen molar-refractivity contribution in [2.24, 2.45) is 0 Å². The van der Waals surface area contributed by atoms with E-state index in [1.165, 1.54) is 12.1 Å². The van der Waals surface area contributed by atoms with E-state index in [0.29, 0.717) is 17.0 Å². The molecule has 0 aromatic heterocycles. The van der Waals surface area contributed by atoms with E-state index >= 15 is 0 Å². The van der Waals surface area contributed by atoms with Crippen LogP contribution in [0.1, 0.15) is 36.7 Å². The van der Waals surface area contributed by atoms with Gasteiger partial charge in [0.2, 0.25) is 0 Å². The Balaban J connectivity index is 1.83. The number of ether oxygens (including phenoxy) is 2. The van der Waals surface area contributed by atoms with Gasteiger partial charge >= 0.3 is 6.09 Å². The van der Waals surface area contributed by atoms with Gasteiger partial charge in [-0.25, -0.2) is 4.79 Å². The van der Waals surface area contributed by atoms with E-state index in [2.05, 4.69) is 16.2 Å². The van der Waals surface area contributed by atoms with Crippen molar-refractivity contribution in [2.45, 2.75) is 26.4 Å². The Labute approximate surface area is 173 Å². The molecule has 0 aliphatic heterocycles. The lowest BCUT2D eigenvalue weighted by molar-refractivity contribution is -0.123. The normalized spacial score (nSPS) is 10.3. The minimum Gasteiger partial charge on any atom is -0.484 e. The lowest BCUT2D eigenvalue weighted by Crippen LogP contribution is -2.43. The minimum atomic E-state index is -0.650. The van der Waals surface area contributed by atoms with Gasteiger partial charge in [-0.1, -0.05) is 6.07 Å². The highest BCUT2D eigenvalue weighted by atomic mass is 16.6. The molecule has 0 saturated carbocycles. The number of nitriles is 1. The van der Waals surface area contributed by atoms with Crippen molar-refractivity contribution in [3.8, 4) is 11.8 Å². The third-order valence-corrected chi connectivity index (χ3v) is 3.44. The molecule has 0 aliphatic carbocycles. The Morgan fingerprint density at radius 3 is 2.37 bits per heavy atom. The van der Waals surface area contributed by atoms with E-state index in [1.807, 2.05) is 6.07 Å². The second kappa shape index (κ2) is 9.93. The number of hydrogen-bond donors (Lipinski definition) is 3. The number of benzene rings is 2. The fraction of sp³-hybridized carbons (Fsp3) is 0.238. The van der Waals surface area contributed by atoms with Crippen molar-refractivity contribution in [1.82, 2.24) is 10.9 Å². The van der Waals surface area contributed by atoms with Crippen molar-refractivity contribution in [1.29, 1.82) is 5.26 Å². The van der Waals surface area contributed by atoms with Gasteiger partial charge in [-0.3, -0.25) is 25.8 Å². The van der Waals surface area contributed by atoms with Crippen molar-refractivity contribution in [2.75, 3.05) is 11.9 Å². The number of nitrogens with one attached hydrogen (secondary N) is 3. The fourth-order valence-electron chi connectivity index (χ4n) is 2.17. The molecule has 3 N–H and O–H groups in total. The van der Waals surface area contributed by atoms with Gasteiger partial charge in [-0.05, 0) is 63.2 Å². The molecule has 2 aromatic carbocycles. The Morgan fingerprint density at radius 1 is 1.03 bits per heavy atom. The third kappa shape index (κ3) is 7.52. The van der Waals surface area contributed by atoms with Crippen LogP contribution in [0.4, 0.5) is 10.5 Å². The van der Waals surface area contributed by atoms with Crippen LogP contribution in [-0.2, 0) is 9.53 Å². The zero-order chi connectivity index (χ0) is 22.1. The number of anilines is 1. The van der Waals surface area contributed by atoms with Gasteiger partial charge in [0.15, 0.2) is 6.61 Å². The molecule has 0 fully saturated rings. The molecule has 2 aromatic rings. The van der Waals surface area contributed by atoms with Gasteiger partial charge in [0.25, 0.3) is 11.8 Å². The first-order valence-electron chi connectivity index (χ1n) is 8.98. The maximum atomic E-state index is 12.2. The van der Waals surface area contributed by atoms with Crippen LogP contribution < -0.4 is 20.9 Å². The number of amides is 3. The number of carbonyl (C=O) groups excluding carboxylic acids is 3. The SMILES string of the molecule is CC(C)(C)OC(=O)Nc1cccc(C(=O)NNC(=O)COc2ccc(C#N)cc2)c1. The largest absolute Gasteiger partial charge is 0.484 e. The summed E-state index contributed by atoms with van der Waals surface area (Å²) in [6.07, 6.45) is -0.645. The van der Waals surface area contributed by atoms with Crippen LogP contribution in [0, 0.1) is 11.3 Å². The summed E-state index contributed by atoms with van der Waals surface area (Å²) in [6, 6.07) is 14.4. The molecule has 30 heavy (non-hydrogen) atoms. The second-order valence-electron chi connectivity index (χ2n) is 7.13. The van der Waals surface area contributed by atoms with E-state index < -0.39 is 23.5 Å². The van der Waals surface area contributed by atoms with E-state index in [1.54, 1.807) is 57.2 Å². The zero-order valence-electron chi connectivity index (χ0n) is 16.8. The van der Waals surface area contributed by atoms with Crippen LogP contribution in [0.15, 0.2) is 48.5 Å². The van der Waals surface area contributed by atoms with Crippen LogP contribution in [0.2, 0.25) is 0 Å². The summed E-state index contributed by atoms with van der Waals surface area (Å²) in [5.41, 5.74) is 4.92. The molecule has 0 spiro atoms. The van der Waals surface area contributed by atoms with E-state index in [-0.39, 0.29) is 12.2 Å². The molecule has 3 amide bonds. The van der Waals surface area contributed by atoms with Crippen molar-refractivity contribution in [3.63, 3.8) is 0 Å². The second-order valence-corrected chi connectivity index (χ2v) is 7.13. The van der Waals surface area contributed by atoms with E-state index in [4.69, 9.17) is 14.7 Å². The lowest BCUT2D eigenvalue weighted by atomic mass is 10.2. The molecule has 0 heterocycles. The maximum absolute atomic E-state index is 12.2. The molecule has 9 heteroatoms. The summed E-state index contributed by atoms with van der Waals surface area (Å²) in [5, 5.41) is 11.3. The summed E-state index contributed by atoms with van der Waals surface area (Å²) in [4.78, 5) is 35.9. The highest BCUT2D eigenvalue weighted by molar-refractivity contribution is 5.97. The van der Waals surface area contributed by atoms with Crippen LogP contribution in [0.5, 0.6) is 5.75 Å². The van der Waals surface area contributed by atoms with Crippen molar-refractivity contribution in [3.05, 3.63) is 59.7 Å². The van der Waals surface area contributed by atoms with Crippen molar-refractivity contribution >= 4 is 23.6 Å². The van der Waals surface area contributed by atoms with E-state index in [9.17, 15) is 14.4 Å². The highest BCUT2D eigenvalue weighted by Crippen LogP contribution is 2.14. The highest BCUT2D eigenvalue weighted by Gasteiger charge is 2.16. The number of carbonyl (C=O) groups is 3. The summed E-state index contributed by atoms with van der Waals surface area (Å²) in [7, 11) is 0. The predicted octanol–water partition coefficient (Wildman–Crippen LogP) is 2.75. The number of hydrogen-bond acceptors (Lipinski definition) is 6. The molecule has 0 atom stereocenters. The van der Waals surface area contributed by atoms with Crippen LogP contribution in [-0.4, -0.2) is 30.1 Å². The van der Waals surface area contributed by atoms with Crippen LogP contribution in [0.3, 0.4) is 0 Å². The quantitative estimate of drug-likeness (QED) is 0.650. The predicted molar refractivity (Wildman–Crippen MR) is 109 cm³/mol. The smallest absolute Gasteiger partial charge is 0.412 e. The first-order chi connectivity index (χ1) is 14.2.